The number of halogens is 2. The maximum atomic E-state index is 13.4. The van der Waals surface area contributed by atoms with E-state index in [-0.39, 0.29) is 23.4 Å². The van der Waals surface area contributed by atoms with Crippen LogP contribution < -0.4 is 28.4 Å². The van der Waals surface area contributed by atoms with Crippen molar-refractivity contribution in [3.8, 4) is 34.5 Å². The predicted molar refractivity (Wildman–Crippen MR) is 187 cm³/mol. The summed E-state index contributed by atoms with van der Waals surface area (Å²) in [6.45, 7) is 4.19. The number of fused-ring (bicyclic) bond motifs is 4. The quantitative estimate of drug-likeness (QED) is 0.266. The zero-order chi connectivity index (χ0) is 34.8. The second kappa shape index (κ2) is 12.6. The van der Waals surface area contributed by atoms with Gasteiger partial charge in [0.2, 0.25) is 11.6 Å². The summed E-state index contributed by atoms with van der Waals surface area (Å²) < 4.78 is 34.1. The van der Waals surface area contributed by atoms with Crippen LogP contribution in [0.2, 0.25) is 10.0 Å². The van der Waals surface area contributed by atoms with Gasteiger partial charge in [-0.05, 0) is 42.2 Å². The molecule has 0 amide bonds. The summed E-state index contributed by atoms with van der Waals surface area (Å²) in [5, 5.41) is 0.675. The van der Waals surface area contributed by atoms with E-state index in [1.807, 2.05) is 12.1 Å². The van der Waals surface area contributed by atoms with Gasteiger partial charge in [0.15, 0.2) is 22.7 Å². The summed E-state index contributed by atoms with van der Waals surface area (Å²) in [6, 6.07) is 11.5. The minimum atomic E-state index is -0.944. The molecule has 6 atom stereocenters. The van der Waals surface area contributed by atoms with Crippen LogP contribution in [0.15, 0.2) is 36.4 Å². The maximum absolute atomic E-state index is 13.4. The van der Waals surface area contributed by atoms with E-state index >= 15 is 0 Å². The molecular weight excluding hydrogens is 667 g/mol. The second-order valence-corrected chi connectivity index (χ2v) is 14.8. The zero-order valence-corrected chi connectivity index (χ0v) is 30.3. The van der Waals surface area contributed by atoms with Crippen LogP contribution in [0.3, 0.4) is 0 Å². The van der Waals surface area contributed by atoms with E-state index in [4.69, 9.17) is 51.6 Å². The third kappa shape index (κ3) is 5.07. The Balaban J connectivity index is 0.000000154. The smallest absolute Gasteiger partial charge is 0.214 e. The van der Waals surface area contributed by atoms with Crippen molar-refractivity contribution in [2.75, 3.05) is 28.4 Å². The molecule has 3 aliphatic carbocycles. The molecule has 0 N–H and O–H groups in total. The second-order valence-electron chi connectivity index (χ2n) is 14.1. The number of ether oxygens (including phenoxy) is 6. The Bertz CT molecular complexity index is 1840. The van der Waals surface area contributed by atoms with Gasteiger partial charge in [-0.15, -0.1) is 0 Å². The van der Waals surface area contributed by atoms with Crippen LogP contribution >= 0.6 is 23.2 Å². The molecule has 10 heteroatoms. The summed E-state index contributed by atoms with van der Waals surface area (Å²) in [5.74, 6) is 4.09. The molecule has 2 fully saturated rings. The molecule has 5 aliphatic rings. The number of hydrogen-bond donors (Lipinski definition) is 0. The minimum absolute atomic E-state index is 0.0223. The number of hydrogen-bond acceptors (Lipinski definition) is 8. The van der Waals surface area contributed by atoms with Crippen LogP contribution in [0.25, 0.3) is 0 Å². The molecule has 0 radical (unpaired) electrons. The standard InChI is InChI=1S/C20H19ClO4.C19H23ClO4/c1-11-8-12-6-4-5-7-13(12)10-20(11)19(22)16-14(23-2)9-15(24-3)17(21)18(16)25-20;1-10-7-11-5-4-6-12(11)9-19(10)18(21)15-13(22-2)8-14(23-3)16(20)17(15)24-19/h4-7,9,11H,8,10H2,1-3H3;8,10-12H,4-7,9H2,1-3H3/t11-,20-;10-,11?,12?,19-/m11/s1. The Morgan fingerprint density at radius 1 is 0.694 bits per heavy atom. The van der Waals surface area contributed by atoms with Gasteiger partial charge >= 0.3 is 0 Å². The van der Waals surface area contributed by atoms with Crippen LogP contribution in [-0.2, 0) is 12.8 Å². The Morgan fingerprint density at radius 2 is 1.20 bits per heavy atom. The lowest BCUT2D eigenvalue weighted by Gasteiger charge is -2.43. The van der Waals surface area contributed by atoms with E-state index in [1.165, 1.54) is 39.0 Å². The van der Waals surface area contributed by atoms with Gasteiger partial charge in [-0.25, -0.2) is 0 Å². The lowest BCUT2D eigenvalue weighted by molar-refractivity contribution is -0.0186. The van der Waals surface area contributed by atoms with Gasteiger partial charge in [-0.3, -0.25) is 9.59 Å². The van der Waals surface area contributed by atoms with E-state index < -0.39 is 11.2 Å². The first-order valence-electron chi connectivity index (χ1n) is 17.0. The van der Waals surface area contributed by atoms with Crippen LogP contribution in [0.5, 0.6) is 34.5 Å². The molecular formula is C39H42Cl2O8. The molecule has 2 saturated carbocycles. The maximum Gasteiger partial charge on any atom is 0.214 e. The highest BCUT2D eigenvalue weighted by Gasteiger charge is 2.59. The van der Waals surface area contributed by atoms with Crippen LogP contribution in [0, 0.1) is 23.7 Å². The monoisotopic (exact) mass is 708 g/mol. The Morgan fingerprint density at radius 3 is 1.78 bits per heavy atom. The highest BCUT2D eigenvalue weighted by atomic mass is 35.5. The van der Waals surface area contributed by atoms with Crippen molar-refractivity contribution >= 4 is 34.8 Å². The van der Waals surface area contributed by atoms with Gasteiger partial charge in [0.05, 0.1) is 28.4 Å². The summed E-state index contributed by atoms with van der Waals surface area (Å²) >= 11 is 12.9. The first-order valence-corrected chi connectivity index (χ1v) is 17.7. The molecule has 0 bridgehead atoms. The number of Topliss-reactive ketones (excluding diaryl/α,β-unsaturated/α-hetero) is 2. The summed E-state index contributed by atoms with van der Waals surface area (Å²) in [6.07, 6.45) is 6.88. The molecule has 2 aliphatic heterocycles. The van der Waals surface area contributed by atoms with Crippen LogP contribution in [0.1, 0.15) is 77.8 Å². The molecule has 3 aromatic rings. The lowest BCUT2D eigenvalue weighted by Crippen LogP contribution is -2.52. The molecule has 0 aromatic heterocycles. The molecule has 0 saturated heterocycles. The summed E-state index contributed by atoms with van der Waals surface area (Å²) in [7, 11) is 6.16. The van der Waals surface area contributed by atoms with Gasteiger partial charge in [0.1, 0.15) is 44.2 Å². The lowest BCUT2D eigenvalue weighted by atomic mass is 9.65. The highest BCUT2D eigenvalue weighted by Crippen LogP contribution is 2.58. The van der Waals surface area contributed by atoms with Crippen molar-refractivity contribution in [3.63, 3.8) is 0 Å². The minimum Gasteiger partial charge on any atom is -0.496 e. The SMILES string of the molecule is COc1cc(OC)c2c(c1Cl)O[C@@]1(CC3CCCC3C[C@H]1C)C2=O.COc1cc(OC)c2c(c1Cl)O[C@@]1(Cc3ccccc3C[C@H]1C)C2=O. The van der Waals surface area contributed by atoms with Crippen molar-refractivity contribution in [1.82, 2.24) is 0 Å². The number of ketones is 2. The fraction of sp³-hybridized carbons (Fsp3) is 0.487. The third-order valence-electron chi connectivity index (χ3n) is 11.7. The normalized spacial score (nSPS) is 28.8. The number of rotatable bonds is 4. The van der Waals surface area contributed by atoms with Crippen molar-refractivity contribution in [3.05, 3.63) is 68.7 Å². The molecule has 2 spiro atoms. The Kier molecular flexibility index (Phi) is 8.71. The third-order valence-corrected chi connectivity index (χ3v) is 12.4. The van der Waals surface area contributed by atoms with E-state index in [2.05, 4.69) is 26.0 Å². The average molecular weight is 710 g/mol. The van der Waals surface area contributed by atoms with Crippen LogP contribution in [-0.4, -0.2) is 51.2 Å². The van der Waals surface area contributed by atoms with Crippen LogP contribution in [0.4, 0.5) is 0 Å². The van der Waals surface area contributed by atoms with E-state index in [0.717, 1.165) is 30.7 Å². The van der Waals surface area contributed by atoms with Crippen molar-refractivity contribution in [2.24, 2.45) is 23.7 Å². The highest BCUT2D eigenvalue weighted by molar-refractivity contribution is 6.35. The topological polar surface area (TPSA) is 89.5 Å². The van der Waals surface area contributed by atoms with Crippen molar-refractivity contribution < 1.29 is 38.0 Å². The summed E-state index contributed by atoms with van der Waals surface area (Å²) in [5.41, 5.74) is 1.57. The van der Waals surface area contributed by atoms with E-state index in [0.29, 0.717) is 68.0 Å². The molecule has 49 heavy (non-hydrogen) atoms. The van der Waals surface area contributed by atoms with Gasteiger partial charge < -0.3 is 28.4 Å². The van der Waals surface area contributed by atoms with Crippen molar-refractivity contribution in [2.45, 2.75) is 70.0 Å². The molecule has 260 valence electrons. The van der Waals surface area contributed by atoms with Gasteiger partial charge in [0.25, 0.3) is 0 Å². The fourth-order valence-electron chi connectivity index (χ4n) is 9.01. The van der Waals surface area contributed by atoms with Gasteiger partial charge in [0, 0.05) is 30.4 Å². The molecule has 3 aromatic carbocycles. The number of carbonyl (C=O) groups is 2. The number of methoxy groups -OCH3 is 4. The zero-order valence-electron chi connectivity index (χ0n) is 28.7. The largest absolute Gasteiger partial charge is 0.496 e. The van der Waals surface area contributed by atoms with Gasteiger partial charge in [-0.2, -0.15) is 0 Å². The molecule has 8 rings (SSSR count). The number of benzene rings is 3. The summed E-state index contributed by atoms with van der Waals surface area (Å²) in [4.78, 5) is 26.8. The Hall–Kier alpha value is -3.62. The molecule has 8 nitrogen and oxygen atoms in total. The fourth-order valence-corrected chi connectivity index (χ4v) is 9.54. The van der Waals surface area contributed by atoms with Gasteiger partial charge in [-0.1, -0.05) is 80.6 Å². The van der Waals surface area contributed by atoms with E-state index in [1.54, 1.807) is 26.4 Å². The first kappa shape index (κ1) is 33.9. The van der Waals surface area contributed by atoms with Crippen molar-refractivity contribution in [1.29, 1.82) is 0 Å². The molecule has 2 heterocycles. The molecule has 2 unspecified atom stereocenters. The number of carbonyl (C=O) groups excluding carboxylic acids is 2. The average Bonchev–Trinajstić information content (AvgIpc) is 3.77. The predicted octanol–water partition coefficient (Wildman–Crippen LogP) is 8.62. The van der Waals surface area contributed by atoms with E-state index in [9.17, 15) is 9.59 Å². The first-order chi connectivity index (χ1) is 23.5. The Labute approximate surface area is 297 Å².